The van der Waals surface area contributed by atoms with Crippen molar-refractivity contribution in [3.8, 4) is 0 Å². The number of amides is 1. The molecule has 3 heteroatoms. The number of halogens is 1. The van der Waals surface area contributed by atoms with Crippen LogP contribution in [0.4, 0.5) is 11.4 Å². The summed E-state index contributed by atoms with van der Waals surface area (Å²) in [7, 11) is 0. The van der Waals surface area contributed by atoms with Crippen LogP contribution in [0.5, 0.6) is 0 Å². The molecule has 3 aromatic rings. The molecule has 4 rings (SSSR count). The lowest BCUT2D eigenvalue weighted by Gasteiger charge is -2.18. The fourth-order valence-electron chi connectivity index (χ4n) is 2.90. The predicted octanol–water partition coefficient (Wildman–Crippen LogP) is 5.09. The lowest BCUT2D eigenvalue weighted by molar-refractivity contribution is 0.100. The largest absolute Gasteiger partial charge is 0.276 e. The van der Waals surface area contributed by atoms with Gasteiger partial charge in [0.25, 0.3) is 5.91 Å². The Morgan fingerprint density at radius 2 is 1.71 bits per heavy atom. The van der Waals surface area contributed by atoms with Gasteiger partial charge in [-0.3, -0.25) is 9.69 Å². The van der Waals surface area contributed by atoms with Crippen LogP contribution in [0.3, 0.4) is 0 Å². The molecule has 102 valence electrons. The maximum Gasteiger partial charge on any atom is 0.263 e. The van der Waals surface area contributed by atoms with Crippen molar-refractivity contribution in [1.82, 2.24) is 0 Å². The molecule has 1 aliphatic rings. The van der Waals surface area contributed by atoms with Crippen LogP contribution in [-0.4, -0.2) is 5.91 Å². The molecule has 0 N–H and O–H groups in total. The smallest absolute Gasteiger partial charge is 0.263 e. The normalized spacial score (nSPS) is 13.2. The molecule has 2 nitrogen and oxygen atoms in total. The zero-order valence-electron chi connectivity index (χ0n) is 11.4. The van der Waals surface area contributed by atoms with Crippen molar-refractivity contribution < 1.29 is 4.79 Å². The molecule has 0 saturated carbocycles. The van der Waals surface area contributed by atoms with Gasteiger partial charge in [0.05, 0.1) is 11.3 Å². The Kier molecular flexibility index (Phi) is 2.57. The van der Waals surface area contributed by atoms with Gasteiger partial charge < -0.3 is 0 Å². The molecule has 0 aromatic heterocycles. The fourth-order valence-corrected chi connectivity index (χ4v) is 3.12. The standard InChI is InChI=1S/C18H12ClNO/c1-11-5-7-12(8-6-11)20-16-10-9-15(19)13-3-2-4-14(17(13)16)18(20)21/h2-10H,1H3. The predicted molar refractivity (Wildman–Crippen MR) is 86.6 cm³/mol. The Bertz CT molecular complexity index is 884. The Hall–Kier alpha value is -2.32. The first-order valence-electron chi connectivity index (χ1n) is 6.79. The van der Waals surface area contributed by atoms with E-state index in [4.69, 9.17) is 11.6 Å². The highest BCUT2D eigenvalue weighted by Gasteiger charge is 2.31. The quantitative estimate of drug-likeness (QED) is 0.612. The van der Waals surface area contributed by atoms with Crippen LogP contribution in [0, 0.1) is 6.92 Å². The first-order valence-corrected chi connectivity index (χ1v) is 7.17. The number of rotatable bonds is 1. The fraction of sp³-hybridized carbons (Fsp3) is 0.0556. The highest BCUT2D eigenvalue weighted by atomic mass is 35.5. The Labute approximate surface area is 127 Å². The SMILES string of the molecule is Cc1ccc(N2C(=O)c3cccc4c(Cl)ccc2c34)cc1. The summed E-state index contributed by atoms with van der Waals surface area (Å²) in [5.74, 6) is 0.00159. The molecule has 1 amide bonds. The maximum atomic E-state index is 12.8. The van der Waals surface area contributed by atoms with Gasteiger partial charge in [0.2, 0.25) is 0 Å². The Morgan fingerprint density at radius 1 is 0.952 bits per heavy atom. The van der Waals surface area contributed by atoms with Crippen LogP contribution in [-0.2, 0) is 0 Å². The molecule has 0 radical (unpaired) electrons. The van der Waals surface area contributed by atoms with Crippen LogP contribution >= 0.6 is 11.6 Å². The van der Waals surface area contributed by atoms with Crippen LogP contribution in [0.25, 0.3) is 10.8 Å². The average molecular weight is 294 g/mol. The monoisotopic (exact) mass is 293 g/mol. The van der Waals surface area contributed by atoms with Crippen LogP contribution in [0.1, 0.15) is 15.9 Å². The van der Waals surface area contributed by atoms with E-state index in [-0.39, 0.29) is 5.91 Å². The summed E-state index contributed by atoms with van der Waals surface area (Å²) in [5.41, 5.74) is 3.67. The van der Waals surface area contributed by atoms with Gasteiger partial charge in [0.15, 0.2) is 0 Å². The summed E-state index contributed by atoms with van der Waals surface area (Å²) < 4.78 is 0. The van der Waals surface area contributed by atoms with E-state index in [0.29, 0.717) is 10.6 Å². The third-order valence-corrected chi connectivity index (χ3v) is 4.26. The highest BCUT2D eigenvalue weighted by molar-refractivity contribution is 6.38. The molecule has 0 aliphatic carbocycles. The zero-order valence-corrected chi connectivity index (χ0v) is 12.2. The number of hydrogen-bond acceptors (Lipinski definition) is 1. The highest BCUT2D eigenvalue weighted by Crippen LogP contribution is 2.43. The van der Waals surface area contributed by atoms with Gasteiger partial charge >= 0.3 is 0 Å². The van der Waals surface area contributed by atoms with E-state index in [1.165, 1.54) is 5.56 Å². The van der Waals surface area contributed by atoms with Crippen molar-refractivity contribution in [2.24, 2.45) is 0 Å². The molecule has 0 bridgehead atoms. The minimum absolute atomic E-state index is 0.00159. The number of anilines is 2. The topological polar surface area (TPSA) is 20.3 Å². The van der Waals surface area contributed by atoms with E-state index in [1.54, 1.807) is 4.90 Å². The zero-order chi connectivity index (χ0) is 14.6. The Morgan fingerprint density at radius 3 is 2.48 bits per heavy atom. The van der Waals surface area contributed by atoms with E-state index < -0.39 is 0 Å². The molecule has 0 fully saturated rings. The van der Waals surface area contributed by atoms with Crippen molar-refractivity contribution in [2.75, 3.05) is 4.90 Å². The first kappa shape index (κ1) is 12.4. The molecule has 0 unspecified atom stereocenters. The average Bonchev–Trinajstić information content (AvgIpc) is 2.78. The number of carbonyl (C=O) groups excluding carboxylic acids is 1. The summed E-state index contributed by atoms with van der Waals surface area (Å²) in [6.07, 6.45) is 0. The van der Waals surface area contributed by atoms with E-state index in [2.05, 4.69) is 0 Å². The number of carbonyl (C=O) groups is 1. The van der Waals surface area contributed by atoms with Gasteiger partial charge in [0.1, 0.15) is 0 Å². The summed E-state index contributed by atoms with van der Waals surface area (Å²) in [4.78, 5) is 14.5. The van der Waals surface area contributed by atoms with Crippen LogP contribution < -0.4 is 4.90 Å². The second-order valence-electron chi connectivity index (χ2n) is 5.27. The molecule has 3 aromatic carbocycles. The number of benzene rings is 3. The minimum atomic E-state index is 0.00159. The Balaban J connectivity index is 2.01. The molecule has 21 heavy (non-hydrogen) atoms. The van der Waals surface area contributed by atoms with Crippen molar-refractivity contribution in [2.45, 2.75) is 6.92 Å². The maximum absolute atomic E-state index is 12.8. The van der Waals surface area contributed by atoms with Crippen molar-refractivity contribution in [1.29, 1.82) is 0 Å². The van der Waals surface area contributed by atoms with Crippen molar-refractivity contribution in [3.63, 3.8) is 0 Å². The van der Waals surface area contributed by atoms with Gasteiger partial charge in [-0.25, -0.2) is 0 Å². The van der Waals surface area contributed by atoms with E-state index in [1.807, 2.05) is 61.5 Å². The van der Waals surface area contributed by atoms with Gasteiger partial charge in [-0.15, -0.1) is 0 Å². The number of nitrogens with zero attached hydrogens (tertiary/aromatic N) is 1. The van der Waals surface area contributed by atoms with Gasteiger partial charge in [-0.1, -0.05) is 41.4 Å². The summed E-state index contributed by atoms with van der Waals surface area (Å²) in [6.45, 7) is 2.03. The second-order valence-corrected chi connectivity index (χ2v) is 5.68. The van der Waals surface area contributed by atoms with Gasteiger partial charge in [0, 0.05) is 21.5 Å². The molecular formula is C18H12ClNO. The molecule has 0 atom stereocenters. The molecule has 0 saturated heterocycles. The van der Waals surface area contributed by atoms with Gasteiger partial charge in [-0.05, 0) is 37.3 Å². The lowest BCUT2D eigenvalue weighted by atomic mass is 10.1. The number of aryl methyl sites for hydroxylation is 1. The molecule has 1 aliphatic heterocycles. The summed E-state index contributed by atoms with van der Waals surface area (Å²) in [5, 5.41) is 2.54. The second kappa shape index (κ2) is 4.34. The van der Waals surface area contributed by atoms with Crippen molar-refractivity contribution >= 4 is 39.7 Å². The first-order chi connectivity index (χ1) is 10.2. The van der Waals surface area contributed by atoms with Crippen molar-refractivity contribution in [3.05, 3.63) is 70.7 Å². The minimum Gasteiger partial charge on any atom is -0.276 e. The third-order valence-electron chi connectivity index (χ3n) is 3.93. The van der Waals surface area contributed by atoms with E-state index >= 15 is 0 Å². The molecule has 1 heterocycles. The van der Waals surface area contributed by atoms with Gasteiger partial charge in [-0.2, -0.15) is 0 Å². The number of hydrogen-bond donors (Lipinski definition) is 0. The lowest BCUT2D eigenvalue weighted by Crippen LogP contribution is -2.20. The van der Waals surface area contributed by atoms with E-state index in [9.17, 15) is 4.79 Å². The third kappa shape index (κ3) is 1.69. The molecular weight excluding hydrogens is 282 g/mol. The van der Waals surface area contributed by atoms with E-state index in [0.717, 1.165) is 22.1 Å². The van der Waals surface area contributed by atoms with Crippen LogP contribution in [0.15, 0.2) is 54.6 Å². The molecule has 0 spiro atoms. The summed E-state index contributed by atoms with van der Waals surface area (Å²) in [6, 6.07) is 17.4. The summed E-state index contributed by atoms with van der Waals surface area (Å²) >= 11 is 6.26. The van der Waals surface area contributed by atoms with Crippen LogP contribution in [0.2, 0.25) is 5.02 Å².